The van der Waals surface area contributed by atoms with E-state index in [4.69, 9.17) is 4.42 Å². The monoisotopic (exact) mass is 433 g/mol. The summed E-state index contributed by atoms with van der Waals surface area (Å²) >= 11 is 3.49. The summed E-state index contributed by atoms with van der Waals surface area (Å²) in [7, 11) is 0. The normalized spacial score (nSPS) is 12.1. The van der Waals surface area contributed by atoms with Crippen molar-refractivity contribution >= 4 is 43.6 Å². The summed E-state index contributed by atoms with van der Waals surface area (Å²) in [6.07, 6.45) is 0. The molecule has 0 spiro atoms. The molecule has 3 aromatic carbocycles. The number of hydrogen-bond acceptors (Lipinski definition) is 3. The Morgan fingerprint density at radius 2 is 1.79 bits per heavy atom. The van der Waals surface area contributed by atoms with E-state index in [0.717, 1.165) is 20.9 Å². The molecule has 0 saturated heterocycles. The second kappa shape index (κ2) is 6.73. The van der Waals surface area contributed by atoms with E-state index >= 15 is 0 Å². The van der Waals surface area contributed by atoms with Gasteiger partial charge in [-0.15, -0.1) is 0 Å². The molecular formula is C22H13BrFN3O. The van der Waals surface area contributed by atoms with E-state index in [1.54, 1.807) is 18.2 Å². The number of H-pyrrole nitrogens is 1. The van der Waals surface area contributed by atoms with Crippen molar-refractivity contribution in [1.29, 1.82) is 0 Å². The van der Waals surface area contributed by atoms with Gasteiger partial charge in [0, 0.05) is 9.86 Å². The molecule has 5 aromatic rings. The number of benzene rings is 3. The van der Waals surface area contributed by atoms with Crippen LogP contribution < -0.4 is 5.55 Å². The minimum absolute atomic E-state index is 0.208. The second-order valence-corrected chi connectivity index (χ2v) is 7.23. The average molecular weight is 434 g/mol. The van der Waals surface area contributed by atoms with Crippen LogP contribution in [0, 0.1) is 5.82 Å². The molecule has 0 bridgehead atoms. The molecule has 0 aliphatic carbocycles. The third kappa shape index (κ3) is 3.01. The predicted molar refractivity (Wildman–Crippen MR) is 111 cm³/mol. The van der Waals surface area contributed by atoms with Crippen LogP contribution >= 0.6 is 15.9 Å². The highest BCUT2D eigenvalue weighted by Crippen LogP contribution is 2.25. The van der Waals surface area contributed by atoms with Crippen LogP contribution in [-0.4, -0.2) is 9.97 Å². The lowest BCUT2D eigenvalue weighted by molar-refractivity contribution is 0.543. The van der Waals surface area contributed by atoms with Crippen LogP contribution in [0.4, 0.5) is 10.1 Å². The highest BCUT2D eigenvalue weighted by molar-refractivity contribution is 9.10. The summed E-state index contributed by atoms with van der Waals surface area (Å²) in [4.78, 5) is 12.4. The maximum absolute atomic E-state index is 14.2. The lowest BCUT2D eigenvalue weighted by Crippen LogP contribution is -2.06. The Bertz CT molecular complexity index is 1370. The fraction of sp³-hybridized carbons (Fsp3) is 0. The van der Waals surface area contributed by atoms with Crippen molar-refractivity contribution in [2.24, 2.45) is 4.99 Å². The molecule has 6 heteroatoms. The molecular weight excluding hydrogens is 421 g/mol. The average Bonchev–Trinajstić information content (AvgIpc) is 3.13. The van der Waals surface area contributed by atoms with Crippen molar-refractivity contribution in [3.63, 3.8) is 0 Å². The van der Waals surface area contributed by atoms with Crippen LogP contribution in [0.3, 0.4) is 0 Å². The minimum Gasteiger partial charge on any atom is -0.438 e. The molecule has 0 radical (unpaired) electrons. The molecule has 0 atom stereocenters. The Labute approximate surface area is 167 Å². The van der Waals surface area contributed by atoms with E-state index < -0.39 is 5.82 Å². The van der Waals surface area contributed by atoms with Crippen molar-refractivity contribution in [3.05, 3.63) is 88.6 Å². The zero-order valence-electron chi connectivity index (χ0n) is 14.5. The number of aromatic amines is 1. The molecule has 0 fully saturated rings. The first-order chi connectivity index (χ1) is 13.7. The van der Waals surface area contributed by atoms with Crippen LogP contribution in [0.5, 0.6) is 0 Å². The Hall–Kier alpha value is -3.25. The van der Waals surface area contributed by atoms with Crippen LogP contribution in [0.2, 0.25) is 0 Å². The molecule has 1 N–H and O–H groups in total. The third-order valence-corrected chi connectivity index (χ3v) is 4.92. The number of aromatic nitrogens is 2. The van der Waals surface area contributed by atoms with Gasteiger partial charge in [-0.3, -0.25) is 0 Å². The van der Waals surface area contributed by atoms with E-state index in [1.807, 2.05) is 48.5 Å². The van der Waals surface area contributed by atoms with Gasteiger partial charge < -0.3 is 9.40 Å². The van der Waals surface area contributed by atoms with Crippen molar-refractivity contribution in [2.75, 3.05) is 0 Å². The number of halogens is 2. The highest BCUT2D eigenvalue weighted by Gasteiger charge is 2.12. The molecule has 28 heavy (non-hydrogen) atoms. The summed E-state index contributed by atoms with van der Waals surface area (Å²) in [6, 6.07) is 21.7. The molecule has 0 unspecified atom stereocenters. The number of imidazole rings is 1. The summed E-state index contributed by atoms with van der Waals surface area (Å²) in [5.41, 5.74) is 3.55. The lowest BCUT2D eigenvalue weighted by Gasteiger charge is -2.04. The number of hydrogen-bond donors (Lipinski definition) is 1. The van der Waals surface area contributed by atoms with Gasteiger partial charge in [-0.25, -0.2) is 14.4 Å². The number of fused-ring (bicyclic) bond motifs is 2. The van der Waals surface area contributed by atoms with Gasteiger partial charge in [0.1, 0.15) is 22.9 Å². The first-order valence-electron chi connectivity index (χ1n) is 8.65. The molecule has 2 aromatic heterocycles. The quantitative estimate of drug-likeness (QED) is 0.365. The van der Waals surface area contributed by atoms with Crippen LogP contribution in [-0.2, 0) is 0 Å². The van der Waals surface area contributed by atoms with Crippen LogP contribution in [0.25, 0.3) is 33.4 Å². The zero-order chi connectivity index (χ0) is 19.1. The van der Waals surface area contributed by atoms with E-state index in [-0.39, 0.29) is 5.69 Å². The molecule has 0 saturated carbocycles. The van der Waals surface area contributed by atoms with E-state index in [2.05, 4.69) is 30.9 Å². The second-order valence-electron chi connectivity index (χ2n) is 6.31. The molecule has 4 nitrogen and oxygen atoms in total. The Morgan fingerprint density at radius 1 is 0.964 bits per heavy atom. The maximum Gasteiger partial charge on any atom is 0.230 e. The fourth-order valence-corrected chi connectivity index (χ4v) is 3.47. The van der Waals surface area contributed by atoms with Crippen molar-refractivity contribution < 1.29 is 8.81 Å². The number of nitrogens with one attached hydrogen (secondary N) is 1. The number of rotatable bonds is 2. The van der Waals surface area contributed by atoms with E-state index in [0.29, 0.717) is 22.5 Å². The van der Waals surface area contributed by atoms with Gasteiger partial charge in [-0.2, -0.15) is 0 Å². The number of para-hydroxylation sites is 3. The van der Waals surface area contributed by atoms with E-state index in [1.165, 1.54) is 6.07 Å². The highest BCUT2D eigenvalue weighted by atomic mass is 79.9. The minimum atomic E-state index is -0.413. The van der Waals surface area contributed by atoms with Gasteiger partial charge in [0.2, 0.25) is 5.55 Å². The van der Waals surface area contributed by atoms with Gasteiger partial charge in [0.15, 0.2) is 0 Å². The predicted octanol–water partition coefficient (Wildman–Crippen LogP) is 6.11. The van der Waals surface area contributed by atoms with Gasteiger partial charge in [-0.1, -0.05) is 40.2 Å². The van der Waals surface area contributed by atoms with Gasteiger partial charge in [0.05, 0.1) is 16.6 Å². The molecule has 136 valence electrons. The Morgan fingerprint density at radius 3 is 2.64 bits per heavy atom. The lowest BCUT2D eigenvalue weighted by atomic mass is 10.2. The molecule has 0 aliphatic rings. The molecule has 5 rings (SSSR count). The van der Waals surface area contributed by atoms with Crippen LogP contribution in [0.1, 0.15) is 0 Å². The summed E-state index contributed by atoms with van der Waals surface area (Å²) in [5.74, 6) is 0.200. The Balaban J connectivity index is 1.83. The fourth-order valence-electron chi connectivity index (χ4n) is 3.09. The first-order valence-corrected chi connectivity index (χ1v) is 9.44. The first kappa shape index (κ1) is 16.9. The molecule has 0 amide bonds. The third-order valence-electron chi connectivity index (χ3n) is 4.43. The maximum atomic E-state index is 14.2. The Kier molecular flexibility index (Phi) is 4.06. The van der Waals surface area contributed by atoms with Crippen LogP contribution in [0.15, 0.2) is 86.7 Å². The number of nitrogens with zero attached hydrogens (tertiary/aromatic N) is 2. The van der Waals surface area contributed by atoms with Crippen molar-refractivity contribution in [3.8, 4) is 11.4 Å². The van der Waals surface area contributed by atoms with Gasteiger partial charge >= 0.3 is 0 Å². The molecule has 0 aliphatic heterocycles. The topological polar surface area (TPSA) is 54.2 Å². The largest absolute Gasteiger partial charge is 0.438 e. The SMILES string of the molecule is Fc1ccccc1N=c1oc2ccc(Br)cc2cc1-c1nc2ccccc2[nH]1. The van der Waals surface area contributed by atoms with Crippen molar-refractivity contribution in [1.82, 2.24) is 9.97 Å². The molecule has 2 heterocycles. The van der Waals surface area contributed by atoms with E-state index in [9.17, 15) is 4.39 Å². The zero-order valence-corrected chi connectivity index (χ0v) is 16.1. The van der Waals surface area contributed by atoms with Gasteiger partial charge in [-0.05, 0) is 48.5 Å². The standard InChI is InChI=1S/C22H13BrFN3O/c23-14-9-10-20-13(11-14)12-15(21-25-18-7-3-4-8-19(18)26-21)22(28-20)27-17-6-2-1-5-16(17)24/h1-12H,(H,25,26). The summed E-state index contributed by atoms with van der Waals surface area (Å²) < 4.78 is 21.2. The summed E-state index contributed by atoms with van der Waals surface area (Å²) in [6.45, 7) is 0. The van der Waals surface area contributed by atoms with Gasteiger partial charge in [0.25, 0.3) is 0 Å². The summed E-state index contributed by atoms with van der Waals surface area (Å²) in [5, 5.41) is 0.886. The smallest absolute Gasteiger partial charge is 0.230 e. The van der Waals surface area contributed by atoms with Crippen molar-refractivity contribution in [2.45, 2.75) is 0 Å².